The molecular formula is C13H24NO6P. The number of hydrogen-bond acceptors (Lipinski definition) is 4. The fraction of sp³-hybridized carbons (Fsp3) is 0.692. The largest absolute Gasteiger partial charge is 0.458 e. The minimum absolute atomic E-state index is 0.0466. The molecule has 0 aliphatic heterocycles. The summed E-state index contributed by atoms with van der Waals surface area (Å²) in [5, 5.41) is 2.31. The number of rotatable bonds is 8. The SMILES string of the molecule is CC(C)OC(=O)C(NC=O)=C(C(C)C)C(C)CP(=O)(O)O. The van der Waals surface area contributed by atoms with Crippen molar-refractivity contribution in [1.29, 1.82) is 0 Å². The number of carbonyl (C=O) groups excluding carboxylic acids is 2. The van der Waals surface area contributed by atoms with Gasteiger partial charge in [0.05, 0.1) is 12.3 Å². The van der Waals surface area contributed by atoms with Crippen molar-refractivity contribution in [2.24, 2.45) is 11.8 Å². The lowest BCUT2D eigenvalue weighted by Crippen LogP contribution is -2.29. The summed E-state index contributed by atoms with van der Waals surface area (Å²) < 4.78 is 16.2. The summed E-state index contributed by atoms with van der Waals surface area (Å²) in [4.78, 5) is 41.0. The van der Waals surface area contributed by atoms with Crippen LogP contribution in [-0.4, -0.2) is 34.4 Å². The Morgan fingerprint density at radius 1 is 1.24 bits per heavy atom. The zero-order valence-electron chi connectivity index (χ0n) is 13.0. The van der Waals surface area contributed by atoms with Gasteiger partial charge in [-0.3, -0.25) is 9.36 Å². The van der Waals surface area contributed by atoms with Crippen LogP contribution in [0.3, 0.4) is 0 Å². The normalized spacial score (nSPS) is 14.7. The first-order valence-corrected chi connectivity index (χ1v) is 8.49. The lowest BCUT2D eigenvalue weighted by atomic mass is 9.90. The summed E-state index contributed by atoms with van der Waals surface area (Å²) in [6.07, 6.45) is -0.422. The van der Waals surface area contributed by atoms with Gasteiger partial charge in [-0.25, -0.2) is 4.79 Å². The van der Waals surface area contributed by atoms with E-state index in [1.807, 2.05) is 0 Å². The summed E-state index contributed by atoms with van der Waals surface area (Å²) in [7, 11) is -4.23. The molecule has 1 atom stereocenters. The van der Waals surface area contributed by atoms with Crippen molar-refractivity contribution in [1.82, 2.24) is 5.32 Å². The minimum atomic E-state index is -4.23. The highest BCUT2D eigenvalue weighted by atomic mass is 31.2. The Morgan fingerprint density at radius 3 is 2.10 bits per heavy atom. The molecule has 0 saturated heterocycles. The number of esters is 1. The lowest BCUT2D eigenvalue weighted by molar-refractivity contribution is -0.143. The van der Waals surface area contributed by atoms with Gasteiger partial charge in [-0.15, -0.1) is 0 Å². The summed E-state index contributed by atoms with van der Waals surface area (Å²) in [5.41, 5.74) is 0.408. The smallest absolute Gasteiger partial charge is 0.355 e. The topological polar surface area (TPSA) is 113 Å². The van der Waals surface area contributed by atoms with Crippen molar-refractivity contribution in [3.05, 3.63) is 11.3 Å². The Kier molecular flexibility index (Phi) is 7.85. The summed E-state index contributed by atoms with van der Waals surface area (Å²) in [6.45, 7) is 8.50. The Hall–Kier alpha value is -1.17. The fourth-order valence-electron chi connectivity index (χ4n) is 2.15. The van der Waals surface area contributed by atoms with Crippen molar-refractivity contribution in [2.75, 3.05) is 6.16 Å². The van der Waals surface area contributed by atoms with Crippen LogP contribution in [0.4, 0.5) is 0 Å². The second-order valence-corrected chi connectivity index (χ2v) is 7.14. The predicted octanol–water partition coefficient (Wildman–Crippen LogP) is 1.41. The monoisotopic (exact) mass is 321 g/mol. The zero-order chi connectivity index (χ0) is 16.8. The maximum absolute atomic E-state index is 12.1. The number of carbonyl (C=O) groups is 2. The zero-order valence-corrected chi connectivity index (χ0v) is 13.9. The maximum Gasteiger partial charge on any atom is 0.355 e. The van der Waals surface area contributed by atoms with Crippen LogP contribution in [0.25, 0.3) is 0 Å². The van der Waals surface area contributed by atoms with E-state index in [9.17, 15) is 14.2 Å². The third-order valence-electron chi connectivity index (χ3n) is 2.70. The van der Waals surface area contributed by atoms with E-state index < -0.39 is 25.6 Å². The molecule has 0 saturated carbocycles. The molecule has 122 valence electrons. The molecule has 0 fully saturated rings. The molecule has 0 aliphatic carbocycles. The van der Waals surface area contributed by atoms with Gasteiger partial charge in [0.2, 0.25) is 6.41 Å². The highest BCUT2D eigenvalue weighted by molar-refractivity contribution is 7.51. The van der Waals surface area contributed by atoms with Crippen molar-refractivity contribution in [3.63, 3.8) is 0 Å². The Morgan fingerprint density at radius 2 is 1.76 bits per heavy atom. The van der Waals surface area contributed by atoms with Gasteiger partial charge in [0.25, 0.3) is 0 Å². The van der Waals surface area contributed by atoms with E-state index in [2.05, 4.69) is 5.32 Å². The first kappa shape index (κ1) is 19.8. The quantitative estimate of drug-likeness (QED) is 0.270. The van der Waals surface area contributed by atoms with Gasteiger partial charge < -0.3 is 19.8 Å². The first-order valence-electron chi connectivity index (χ1n) is 6.69. The van der Waals surface area contributed by atoms with Crippen LogP contribution in [0.15, 0.2) is 11.3 Å². The van der Waals surface area contributed by atoms with Crippen molar-refractivity contribution >= 4 is 20.0 Å². The molecule has 0 aromatic heterocycles. The molecule has 0 heterocycles. The van der Waals surface area contributed by atoms with Gasteiger partial charge in [-0.2, -0.15) is 0 Å². The van der Waals surface area contributed by atoms with Crippen LogP contribution in [0.5, 0.6) is 0 Å². The van der Waals surface area contributed by atoms with Crippen LogP contribution in [0.2, 0.25) is 0 Å². The molecule has 7 nitrogen and oxygen atoms in total. The molecule has 0 aliphatic rings. The van der Waals surface area contributed by atoms with E-state index in [4.69, 9.17) is 14.5 Å². The molecule has 0 rings (SSSR count). The standard InChI is InChI=1S/C13H24NO6P/c1-8(2)11(10(5)6-21(17,18)19)12(14-7-15)13(16)20-9(3)4/h7-10H,6H2,1-5H3,(H,14,15)(H2,17,18,19). The average molecular weight is 321 g/mol. The van der Waals surface area contributed by atoms with Crippen molar-refractivity contribution in [3.8, 4) is 0 Å². The van der Waals surface area contributed by atoms with E-state index in [0.717, 1.165) is 0 Å². The molecule has 0 bridgehead atoms. The van der Waals surface area contributed by atoms with Crippen molar-refractivity contribution in [2.45, 2.75) is 40.7 Å². The van der Waals surface area contributed by atoms with Gasteiger partial charge in [-0.05, 0) is 31.3 Å². The first-order chi connectivity index (χ1) is 9.49. The van der Waals surface area contributed by atoms with Crippen LogP contribution in [0, 0.1) is 11.8 Å². The summed E-state index contributed by atoms with van der Waals surface area (Å²) >= 11 is 0. The van der Waals surface area contributed by atoms with Gasteiger partial charge in [-0.1, -0.05) is 20.8 Å². The fourth-order valence-corrected chi connectivity index (χ4v) is 3.06. The third-order valence-corrected chi connectivity index (χ3v) is 3.73. The van der Waals surface area contributed by atoms with Gasteiger partial charge in [0.15, 0.2) is 0 Å². The summed E-state index contributed by atoms with van der Waals surface area (Å²) in [5.74, 6) is -1.47. The Labute approximate surface area is 124 Å². The van der Waals surface area contributed by atoms with E-state index in [-0.39, 0.29) is 17.7 Å². The predicted molar refractivity (Wildman–Crippen MR) is 78.4 cm³/mol. The maximum atomic E-state index is 12.1. The average Bonchev–Trinajstić information content (AvgIpc) is 2.24. The number of hydrogen-bond donors (Lipinski definition) is 3. The molecule has 1 unspecified atom stereocenters. The van der Waals surface area contributed by atoms with E-state index in [1.165, 1.54) is 0 Å². The molecule has 0 spiro atoms. The van der Waals surface area contributed by atoms with Crippen LogP contribution >= 0.6 is 7.60 Å². The summed E-state index contributed by atoms with van der Waals surface area (Å²) in [6, 6.07) is 0. The molecule has 0 aromatic rings. The second kappa shape index (κ2) is 8.32. The van der Waals surface area contributed by atoms with Crippen LogP contribution in [0.1, 0.15) is 34.6 Å². The Balaban J connectivity index is 5.69. The van der Waals surface area contributed by atoms with Gasteiger partial charge >= 0.3 is 13.6 Å². The molecule has 1 amide bonds. The molecule has 0 aromatic carbocycles. The lowest BCUT2D eigenvalue weighted by Gasteiger charge is -2.23. The van der Waals surface area contributed by atoms with E-state index in [0.29, 0.717) is 12.0 Å². The van der Waals surface area contributed by atoms with Gasteiger partial charge in [0, 0.05) is 0 Å². The number of allylic oxidation sites excluding steroid dienone is 1. The third kappa shape index (κ3) is 7.41. The number of nitrogens with one attached hydrogen (secondary N) is 1. The van der Waals surface area contributed by atoms with Crippen LogP contribution in [-0.2, 0) is 18.9 Å². The highest BCUT2D eigenvalue weighted by Crippen LogP contribution is 2.40. The van der Waals surface area contributed by atoms with E-state index >= 15 is 0 Å². The Bertz CT molecular complexity index is 452. The van der Waals surface area contributed by atoms with Crippen LogP contribution < -0.4 is 5.32 Å². The molecular weight excluding hydrogens is 297 g/mol. The molecule has 8 heteroatoms. The second-order valence-electron chi connectivity index (χ2n) is 5.45. The molecule has 0 radical (unpaired) electrons. The minimum Gasteiger partial charge on any atom is -0.458 e. The van der Waals surface area contributed by atoms with Gasteiger partial charge in [0.1, 0.15) is 5.70 Å². The number of ether oxygens (including phenoxy) is 1. The highest BCUT2D eigenvalue weighted by Gasteiger charge is 2.28. The van der Waals surface area contributed by atoms with E-state index in [1.54, 1.807) is 34.6 Å². The molecule has 21 heavy (non-hydrogen) atoms. The number of amides is 1. The molecule has 3 N–H and O–H groups in total. The van der Waals surface area contributed by atoms with Crippen molar-refractivity contribution < 1.29 is 28.7 Å².